The number of quaternary nitrogens is 1. The highest BCUT2D eigenvalue weighted by Gasteiger charge is 2.21. The fourth-order valence-electron chi connectivity index (χ4n) is 2.93. The van der Waals surface area contributed by atoms with Crippen molar-refractivity contribution in [1.29, 1.82) is 0 Å². The Morgan fingerprint density at radius 3 is 2.71 bits per heavy atom. The monoisotopic (exact) mass is 331 g/mol. The summed E-state index contributed by atoms with van der Waals surface area (Å²) >= 11 is 0. The van der Waals surface area contributed by atoms with Crippen LogP contribution >= 0.6 is 0 Å². The van der Waals surface area contributed by atoms with Crippen LogP contribution in [0.3, 0.4) is 0 Å². The number of aryl methyl sites for hydroxylation is 2. The number of ether oxygens (including phenoxy) is 1. The summed E-state index contributed by atoms with van der Waals surface area (Å²) in [7, 11) is 4.28. The fourth-order valence-corrected chi connectivity index (χ4v) is 2.93. The molecule has 1 aromatic carbocycles. The highest BCUT2D eigenvalue weighted by molar-refractivity contribution is 6.04. The maximum atomic E-state index is 12.3. The van der Waals surface area contributed by atoms with Crippen molar-refractivity contribution in [3.05, 3.63) is 35.0 Å². The van der Waals surface area contributed by atoms with E-state index in [9.17, 15) is 4.79 Å². The molecule has 130 valence electrons. The standard InChI is InChI=1S/C19H27N3O2/c1-6-24-19(23)16-12-21-17-14(3)10-13(2)11-15(17)18(16)20-8-7-9-22(4)5/h10-12H,6-9H2,1-5H3,(H,20,21)/p+2. The average molecular weight is 331 g/mol. The van der Waals surface area contributed by atoms with Gasteiger partial charge in [-0.3, -0.25) is 0 Å². The summed E-state index contributed by atoms with van der Waals surface area (Å²) in [6.07, 6.45) is 2.79. The molecule has 0 unspecified atom stereocenters. The van der Waals surface area contributed by atoms with Crippen LogP contribution < -0.4 is 15.2 Å². The van der Waals surface area contributed by atoms with E-state index in [1.807, 2.05) is 6.92 Å². The molecule has 1 heterocycles. The van der Waals surface area contributed by atoms with Gasteiger partial charge in [-0.15, -0.1) is 0 Å². The van der Waals surface area contributed by atoms with E-state index in [1.54, 1.807) is 6.20 Å². The third-order valence-electron chi connectivity index (χ3n) is 4.03. The highest BCUT2D eigenvalue weighted by atomic mass is 16.5. The molecule has 2 rings (SSSR count). The first-order chi connectivity index (χ1) is 11.4. The van der Waals surface area contributed by atoms with Crippen LogP contribution in [0.5, 0.6) is 0 Å². The number of esters is 1. The van der Waals surface area contributed by atoms with Crippen LogP contribution in [-0.2, 0) is 4.74 Å². The minimum atomic E-state index is -0.296. The van der Waals surface area contributed by atoms with Crippen LogP contribution in [0.2, 0.25) is 0 Å². The van der Waals surface area contributed by atoms with Crippen molar-refractivity contribution >= 4 is 22.6 Å². The topological polar surface area (TPSA) is 56.9 Å². The Kier molecular flexibility index (Phi) is 6.15. The molecular weight excluding hydrogens is 302 g/mol. The smallest absolute Gasteiger partial charge is 0.346 e. The van der Waals surface area contributed by atoms with E-state index in [0.29, 0.717) is 12.2 Å². The third kappa shape index (κ3) is 4.23. The van der Waals surface area contributed by atoms with Crippen LogP contribution in [0.25, 0.3) is 10.9 Å². The lowest BCUT2D eigenvalue weighted by atomic mass is 10.0. The molecule has 0 radical (unpaired) electrons. The molecule has 24 heavy (non-hydrogen) atoms. The average Bonchev–Trinajstić information content (AvgIpc) is 2.51. The van der Waals surface area contributed by atoms with Gasteiger partial charge in [-0.1, -0.05) is 0 Å². The molecule has 5 heteroatoms. The predicted octanol–water partition coefficient (Wildman–Crippen LogP) is 1.39. The third-order valence-corrected chi connectivity index (χ3v) is 4.03. The molecule has 0 atom stereocenters. The molecule has 2 aromatic rings. The van der Waals surface area contributed by atoms with Gasteiger partial charge in [0.1, 0.15) is 5.56 Å². The second-order valence-electron chi connectivity index (χ2n) is 6.54. The summed E-state index contributed by atoms with van der Waals surface area (Å²) < 4.78 is 5.22. The molecule has 0 aliphatic rings. The van der Waals surface area contributed by atoms with Crippen LogP contribution in [0.15, 0.2) is 18.3 Å². The zero-order valence-corrected chi connectivity index (χ0v) is 15.4. The number of nitrogens with one attached hydrogen (secondary N) is 3. The SMILES string of the molecule is CCOC(=O)c1c[nH+]c2c(C)cc(C)cc2c1NCCC[NH+](C)C. The van der Waals surface area contributed by atoms with Crippen molar-refractivity contribution in [1.82, 2.24) is 0 Å². The molecule has 0 spiro atoms. The summed E-state index contributed by atoms with van der Waals surface area (Å²) in [4.78, 5) is 17.0. The van der Waals surface area contributed by atoms with Gasteiger partial charge in [0.05, 0.1) is 38.3 Å². The van der Waals surface area contributed by atoms with E-state index >= 15 is 0 Å². The van der Waals surface area contributed by atoms with Crippen molar-refractivity contribution in [2.45, 2.75) is 27.2 Å². The molecule has 5 nitrogen and oxygen atoms in total. The second kappa shape index (κ2) is 8.11. The Morgan fingerprint density at radius 1 is 1.29 bits per heavy atom. The summed E-state index contributed by atoms with van der Waals surface area (Å²) in [6.45, 7) is 8.25. The summed E-state index contributed by atoms with van der Waals surface area (Å²) in [5.41, 5.74) is 4.82. The Hall–Kier alpha value is -2.14. The number of hydrogen-bond acceptors (Lipinski definition) is 3. The quantitative estimate of drug-likeness (QED) is 0.595. The summed E-state index contributed by atoms with van der Waals surface area (Å²) in [5.74, 6) is -0.296. The van der Waals surface area contributed by atoms with Gasteiger partial charge in [0.2, 0.25) is 5.52 Å². The van der Waals surface area contributed by atoms with Gasteiger partial charge in [0.25, 0.3) is 0 Å². The molecule has 0 amide bonds. The predicted molar refractivity (Wildman–Crippen MR) is 96.7 cm³/mol. The number of aromatic amines is 1. The number of carbonyl (C=O) groups excluding carboxylic acids is 1. The number of aromatic nitrogens is 1. The Balaban J connectivity index is 2.43. The van der Waals surface area contributed by atoms with Crippen LogP contribution in [0.4, 0.5) is 5.69 Å². The maximum absolute atomic E-state index is 12.3. The normalized spacial score (nSPS) is 11.1. The van der Waals surface area contributed by atoms with Crippen LogP contribution in [-0.4, -0.2) is 39.8 Å². The fraction of sp³-hybridized carbons (Fsp3) is 0.474. The number of H-pyrrole nitrogens is 1. The van der Waals surface area contributed by atoms with Gasteiger partial charge in [0, 0.05) is 18.5 Å². The highest BCUT2D eigenvalue weighted by Crippen LogP contribution is 2.28. The lowest BCUT2D eigenvalue weighted by molar-refractivity contribution is -0.858. The number of carbonyl (C=O) groups is 1. The molecular formula is C19H29N3O2+2. The van der Waals surface area contributed by atoms with Crippen molar-refractivity contribution < 1.29 is 19.4 Å². The van der Waals surface area contributed by atoms with Crippen molar-refractivity contribution in [2.75, 3.05) is 39.1 Å². The van der Waals surface area contributed by atoms with E-state index in [4.69, 9.17) is 4.74 Å². The molecule has 0 aliphatic heterocycles. The van der Waals surface area contributed by atoms with Crippen LogP contribution in [0, 0.1) is 13.8 Å². The van der Waals surface area contributed by atoms with Gasteiger partial charge in [-0.25, -0.2) is 9.78 Å². The van der Waals surface area contributed by atoms with E-state index in [2.05, 4.69) is 50.4 Å². The van der Waals surface area contributed by atoms with Gasteiger partial charge in [0.15, 0.2) is 6.20 Å². The van der Waals surface area contributed by atoms with E-state index in [-0.39, 0.29) is 5.97 Å². The molecule has 3 N–H and O–H groups in total. The molecule has 0 fully saturated rings. The van der Waals surface area contributed by atoms with Gasteiger partial charge >= 0.3 is 5.97 Å². The summed E-state index contributed by atoms with van der Waals surface area (Å²) in [5, 5.41) is 4.51. The number of hydrogen-bond donors (Lipinski definition) is 2. The van der Waals surface area contributed by atoms with E-state index in [1.165, 1.54) is 16.0 Å². The summed E-state index contributed by atoms with van der Waals surface area (Å²) in [6, 6.07) is 4.25. The van der Waals surface area contributed by atoms with Crippen molar-refractivity contribution in [2.24, 2.45) is 0 Å². The maximum Gasteiger partial charge on any atom is 0.346 e. The van der Waals surface area contributed by atoms with Crippen LogP contribution in [0.1, 0.15) is 34.8 Å². The van der Waals surface area contributed by atoms with Gasteiger partial charge in [-0.05, 0) is 38.5 Å². The number of anilines is 1. The molecule has 0 saturated carbocycles. The molecule has 1 aromatic heterocycles. The Morgan fingerprint density at radius 2 is 2.04 bits per heavy atom. The zero-order chi connectivity index (χ0) is 17.7. The zero-order valence-electron chi connectivity index (χ0n) is 15.4. The first-order valence-electron chi connectivity index (χ1n) is 8.59. The largest absolute Gasteiger partial charge is 0.462 e. The number of rotatable bonds is 7. The lowest BCUT2D eigenvalue weighted by Gasteiger charge is -2.13. The van der Waals surface area contributed by atoms with E-state index in [0.717, 1.165) is 36.1 Å². The first kappa shape index (κ1) is 18.2. The molecule has 0 aliphatic carbocycles. The van der Waals surface area contributed by atoms with Crippen molar-refractivity contribution in [3.8, 4) is 0 Å². The second-order valence-corrected chi connectivity index (χ2v) is 6.54. The molecule has 0 bridgehead atoms. The van der Waals surface area contributed by atoms with Gasteiger partial charge in [-0.2, -0.15) is 0 Å². The van der Waals surface area contributed by atoms with Crippen molar-refractivity contribution in [3.63, 3.8) is 0 Å². The minimum Gasteiger partial charge on any atom is -0.462 e. The molecule has 0 saturated heterocycles. The lowest BCUT2D eigenvalue weighted by Crippen LogP contribution is -3.05. The number of fused-ring (bicyclic) bond motifs is 1. The number of benzene rings is 1. The first-order valence-corrected chi connectivity index (χ1v) is 8.59. The van der Waals surface area contributed by atoms with E-state index < -0.39 is 0 Å². The minimum absolute atomic E-state index is 0.296. The Labute approximate surface area is 144 Å². The number of pyridine rings is 1. The Bertz CT molecular complexity index is 726. The van der Waals surface area contributed by atoms with Gasteiger partial charge < -0.3 is 15.0 Å².